The van der Waals surface area contributed by atoms with Gasteiger partial charge in [0.05, 0.1) is 44.7 Å². The van der Waals surface area contributed by atoms with Gasteiger partial charge in [-0.2, -0.15) is 11.8 Å². The maximum absolute atomic E-state index is 14.4. The molecule has 1 aromatic rings. The molecule has 1 heterocycles. The molecule has 1 aliphatic rings. The van der Waals surface area contributed by atoms with Crippen LogP contribution in [0.3, 0.4) is 0 Å². The highest BCUT2D eigenvalue weighted by atomic mass is 32.2. The highest BCUT2D eigenvalue weighted by molar-refractivity contribution is 7.99. The summed E-state index contributed by atoms with van der Waals surface area (Å²) in [5, 5.41) is 82.3. The number of aliphatic carboxylic acids is 3. The number of carboxylic acid groups (broad SMARTS) is 3. The number of hydrogen-bond acceptors (Lipinski definition) is 25. The van der Waals surface area contributed by atoms with Gasteiger partial charge in [0.25, 0.3) is 0 Å². The van der Waals surface area contributed by atoms with Crippen LogP contribution in [0.25, 0.3) is 0 Å². The molecule has 1 fully saturated rings. The van der Waals surface area contributed by atoms with Crippen LogP contribution in [-0.2, 0) is 97.4 Å². The number of ether oxygens (including phenoxy) is 2. The lowest BCUT2D eigenvalue weighted by atomic mass is 10.0. The fourth-order valence-corrected chi connectivity index (χ4v) is 14.8. The number of primary amides is 1. The van der Waals surface area contributed by atoms with Gasteiger partial charge in [-0.3, -0.25) is 81.7 Å². The van der Waals surface area contributed by atoms with Crippen LogP contribution in [0.4, 0.5) is 0 Å². The van der Waals surface area contributed by atoms with Gasteiger partial charge >= 0.3 is 29.8 Å². The second-order valence-corrected chi connectivity index (χ2v) is 33.4. The molecule has 24 N–H and O–H groups in total. The lowest BCUT2D eigenvalue weighted by Gasteiger charge is -2.31. The van der Waals surface area contributed by atoms with E-state index in [1.54, 1.807) is 30.3 Å². The Morgan fingerprint density at radius 2 is 0.977 bits per heavy atom. The quantitative estimate of drug-likeness (QED) is 0.0187. The largest absolute Gasteiger partial charge is 0.481 e. The van der Waals surface area contributed by atoms with Gasteiger partial charge in [-0.15, -0.1) is 0 Å². The van der Waals surface area contributed by atoms with Crippen LogP contribution >= 0.6 is 11.8 Å². The Morgan fingerprint density at radius 3 is 1.48 bits per heavy atom. The predicted molar refractivity (Wildman–Crippen MR) is 474 cm³/mol. The van der Waals surface area contributed by atoms with Gasteiger partial charge in [0.15, 0.2) is 5.96 Å². The molecule has 2 unspecified atom stereocenters. The summed E-state index contributed by atoms with van der Waals surface area (Å²) in [6.45, 7) is 3.13. The van der Waals surface area contributed by atoms with Crippen LogP contribution in [-0.4, -0.2) is 272 Å². The molecule has 13 atom stereocenters. The van der Waals surface area contributed by atoms with Crippen molar-refractivity contribution in [3.63, 3.8) is 0 Å². The first-order valence-electron chi connectivity index (χ1n) is 45.0. The van der Waals surface area contributed by atoms with E-state index in [2.05, 4.69) is 72.0 Å². The number of thioether (sulfide) groups is 1. The SMILES string of the molecule is CCCCCCCCCCCCCCCC(=O)OCC(CSCC(N)C(=O)N[C@@H](C)C(=O)N[C@H](C(=O)N1CCC[C@H]1C(=O)N[C@@H](CCC(=O)O)C(=O)N[C@@H](CC(=O)O)C(=O)N[C@@H](CC(N)=O)C(=O)NCC(=O)N[C@@H](CCCN=C(N)N)C(=O)N[C@@H](CO)C(=O)N[C@@H](Cc1ccccc1)C(=O)N[C@@H](CO)C(=O)O)[C@@H](C)O)OC(=O)CCCCCCCCCCCCCCC. The fourth-order valence-electron chi connectivity index (χ4n) is 13.8. The summed E-state index contributed by atoms with van der Waals surface area (Å²) in [5.74, 6) is -20.0. The summed E-state index contributed by atoms with van der Waals surface area (Å²) in [6, 6.07) is -10.9. The predicted octanol–water partition coefficient (Wildman–Crippen LogP) is 0.916. The molecular formula is C86H144N16O25S. The van der Waals surface area contributed by atoms with E-state index in [9.17, 15) is 112 Å². The second kappa shape index (κ2) is 67.0. The Labute approximate surface area is 753 Å². The number of aliphatic imine (C=N–C) groups is 1. The summed E-state index contributed by atoms with van der Waals surface area (Å²) < 4.78 is 11.4. The van der Waals surface area contributed by atoms with Crippen molar-refractivity contribution in [1.82, 2.24) is 58.1 Å². The lowest BCUT2D eigenvalue weighted by Crippen LogP contribution is -2.61. The van der Waals surface area contributed by atoms with Gasteiger partial charge in [-0.25, -0.2) is 4.79 Å². The Morgan fingerprint density at radius 1 is 0.500 bits per heavy atom. The first-order valence-corrected chi connectivity index (χ1v) is 46.1. The topological polar surface area (TPSA) is 670 Å². The number of nitrogens with zero attached hydrogens (tertiary/aromatic N) is 2. The number of carbonyl (C=O) groups excluding carboxylic acids is 14. The number of amides is 12. The van der Waals surface area contributed by atoms with Crippen molar-refractivity contribution >= 4 is 118 Å². The van der Waals surface area contributed by atoms with Crippen molar-refractivity contribution in [2.75, 3.05) is 51.0 Å². The van der Waals surface area contributed by atoms with Gasteiger partial charge in [0.2, 0.25) is 70.9 Å². The van der Waals surface area contributed by atoms with E-state index in [-0.39, 0.29) is 82.1 Å². The molecule has 0 saturated carbocycles. The molecule has 0 radical (unpaired) electrons. The van der Waals surface area contributed by atoms with Crippen molar-refractivity contribution in [1.29, 1.82) is 0 Å². The van der Waals surface area contributed by atoms with E-state index in [0.717, 1.165) is 75.0 Å². The number of aliphatic hydroxyl groups is 3. The van der Waals surface area contributed by atoms with Gasteiger partial charge in [-0.05, 0) is 64.4 Å². The average molecular weight is 1830 g/mol. The highest BCUT2D eigenvalue weighted by Crippen LogP contribution is 2.22. The third-order valence-electron chi connectivity index (χ3n) is 21.2. The number of unbranched alkanes of at least 4 members (excludes halogenated alkanes) is 24. The normalized spacial score (nSPS) is 15.1. The average Bonchev–Trinajstić information content (AvgIpc) is 1.65. The Balaban J connectivity index is 2.20. The van der Waals surface area contributed by atoms with E-state index >= 15 is 0 Å². The molecule has 1 aliphatic heterocycles. The molecule has 0 aliphatic carbocycles. The van der Waals surface area contributed by atoms with Crippen LogP contribution in [0, 0.1) is 0 Å². The van der Waals surface area contributed by atoms with Gasteiger partial charge in [0.1, 0.15) is 73.1 Å². The number of carbonyl (C=O) groups is 17. The van der Waals surface area contributed by atoms with Crippen LogP contribution in [0.5, 0.6) is 0 Å². The van der Waals surface area contributed by atoms with E-state index in [1.165, 1.54) is 110 Å². The van der Waals surface area contributed by atoms with Crippen LogP contribution in [0.1, 0.15) is 264 Å². The molecule has 0 aromatic heterocycles. The number of guanidine groups is 1. The number of nitrogens with one attached hydrogen (secondary N) is 10. The van der Waals surface area contributed by atoms with Crippen molar-refractivity contribution in [2.24, 2.45) is 27.9 Å². The maximum Gasteiger partial charge on any atom is 0.328 e. The van der Waals surface area contributed by atoms with Gasteiger partial charge < -0.3 is 121 Å². The standard InChI is InChI=1S/C86H144N16O25S/c1-5-7-9-11-13-15-17-19-21-23-25-27-32-40-72(112)126-52-58(127-73(113)41-33-28-26-24-22-20-18-16-14-12-10-8-6-2)53-128-54-59(87)76(115)93-55(3)75(114)101-74(56(4)105)84(123)102-45-35-39-67(102)83(122)95-61(42-43-70(108)109)79(118)98-64(48-71(110)111)81(120)97-63(47-68(88)106)77(116)92-49-69(107)94-60(38-34-44-91-86(89)90)78(117)99-65(50-103)82(121)96-62(46-57-36-30-29-31-37-57)80(119)100-66(51-104)85(124)125/h29-31,36-37,55-56,58-67,74,103-105H,5-28,32-35,38-54,87H2,1-4H3,(H2,88,106)(H,92,116)(H,93,115)(H,94,107)(H,95,122)(H,96,121)(H,97,120)(H,98,118)(H,99,117)(H,100,119)(H,101,114)(H,108,109)(H,110,111)(H,124,125)(H4,89,90,91)/t55-,56+,58?,59?,60-,61-,62-,63-,64-,65-,66-,67-,74-/m0/s1. The summed E-state index contributed by atoms with van der Waals surface area (Å²) >= 11 is 1.15. The molecule has 42 heteroatoms. The zero-order valence-corrected chi connectivity index (χ0v) is 75.6. The molecule has 41 nitrogen and oxygen atoms in total. The number of nitrogens with two attached hydrogens (primary N) is 4. The number of rotatable bonds is 73. The summed E-state index contributed by atoms with van der Waals surface area (Å²) in [6.07, 6.45) is 23.0. The molecule has 1 aromatic carbocycles. The molecule has 0 bridgehead atoms. The van der Waals surface area contributed by atoms with Crippen LogP contribution < -0.4 is 76.1 Å². The van der Waals surface area contributed by atoms with Crippen molar-refractivity contribution in [2.45, 2.75) is 344 Å². The first kappa shape index (κ1) is 114. The number of aliphatic hydroxyl groups excluding tert-OH is 3. The van der Waals surface area contributed by atoms with Gasteiger partial charge in [0, 0.05) is 50.3 Å². The number of esters is 2. The van der Waals surface area contributed by atoms with Crippen LogP contribution in [0.2, 0.25) is 0 Å². The third-order valence-corrected chi connectivity index (χ3v) is 22.4. The maximum atomic E-state index is 14.4. The molecule has 1 saturated heterocycles. The fraction of sp³-hybridized carbons (Fsp3) is 0.721. The smallest absolute Gasteiger partial charge is 0.328 e. The summed E-state index contributed by atoms with van der Waals surface area (Å²) in [7, 11) is 0. The van der Waals surface area contributed by atoms with E-state index < -0.39 is 225 Å². The third kappa shape index (κ3) is 50.4. The number of benzene rings is 1. The van der Waals surface area contributed by atoms with E-state index in [1.807, 2.05) is 0 Å². The molecular weight excluding hydrogens is 1690 g/mol. The highest BCUT2D eigenvalue weighted by Gasteiger charge is 2.42. The van der Waals surface area contributed by atoms with E-state index in [4.69, 9.17) is 32.4 Å². The molecule has 724 valence electrons. The summed E-state index contributed by atoms with van der Waals surface area (Å²) in [5.41, 5.74) is 23.1. The Bertz CT molecular complexity index is 3640. The van der Waals surface area contributed by atoms with Crippen LogP contribution in [0.15, 0.2) is 35.3 Å². The minimum atomic E-state index is -2.20. The minimum absolute atomic E-state index is 0.0464. The zero-order valence-electron chi connectivity index (χ0n) is 74.8. The molecule has 128 heavy (non-hydrogen) atoms. The molecule has 2 rings (SSSR count). The van der Waals surface area contributed by atoms with E-state index in [0.29, 0.717) is 18.4 Å². The molecule has 12 amide bonds. The van der Waals surface area contributed by atoms with Crippen molar-refractivity contribution < 1.29 is 122 Å². The zero-order chi connectivity index (χ0) is 95.3. The molecule has 0 spiro atoms. The van der Waals surface area contributed by atoms with Gasteiger partial charge in [-0.1, -0.05) is 198 Å². The lowest BCUT2D eigenvalue weighted by molar-refractivity contribution is -0.157. The number of carboxylic acids is 3. The van der Waals surface area contributed by atoms with Crippen molar-refractivity contribution in [3.8, 4) is 0 Å². The minimum Gasteiger partial charge on any atom is -0.481 e. The number of hydrogen-bond donors (Lipinski definition) is 20. The monoisotopic (exact) mass is 1830 g/mol. The van der Waals surface area contributed by atoms with Crippen molar-refractivity contribution in [3.05, 3.63) is 35.9 Å². The summed E-state index contributed by atoms with van der Waals surface area (Å²) in [4.78, 5) is 231. The Hall–Kier alpha value is -10.3. The number of likely N-dealkylation sites (tertiary alicyclic amines) is 1. The Kier molecular flexibility index (Phi) is 59.5. The second-order valence-electron chi connectivity index (χ2n) is 32.3. The first-order chi connectivity index (χ1) is 61.0.